The van der Waals surface area contributed by atoms with Gasteiger partial charge in [-0.2, -0.15) is 5.10 Å². The predicted octanol–water partition coefficient (Wildman–Crippen LogP) is 4.29. The number of hydrogen-bond acceptors (Lipinski definition) is 5. The number of carbonyl (C=O) groups excluding carboxylic acids is 2. The number of halogens is 1. The third kappa shape index (κ3) is 5.16. The van der Waals surface area contributed by atoms with Crippen molar-refractivity contribution >= 4 is 17.5 Å². The van der Waals surface area contributed by atoms with Crippen LogP contribution in [0.4, 0.5) is 4.39 Å². The molecule has 7 nitrogen and oxygen atoms in total. The van der Waals surface area contributed by atoms with Crippen molar-refractivity contribution in [3.8, 4) is 11.5 Å². The maximum Gasteiger partial charge on any atom is 0.262 e. The van der Waals surface area contributed by atoms with Gasteiger partial charge in [-0.15, -0.1) is 0 Å². The van der Waals surface area contributed by atoms with Crippen LogP contribution in [-0.2, 0) is 4.79 Å². The molecule has 0 radical (unpaired) electrons. The molecule has 1 aliphatic heterocycles. The first-order valence-corrected chi connectivity index (χ1v) is 11.1. The van der Waals surface area contributed by atoms with Crippen LogP contribution in [0.3, 0.4) is 0 Å². The Balaban J connectivity index is 1.60. The number of amides is 2. The minimum atomic E-state index is -0.428. The van der Waals surface area contributed by atoms with E-state index in [1.54, 1.807) is 57.7 Å². The maximum atomic E-state index is 13.5. The normalized spacial score (nSPS) is 14.9. The number of methoxy groups -OCH3 is 2. The number of nitrogens with zero attached hydrogens (tertiary/aromatic N) is 3. The molecule has 35 heavy (non-hydrogen) atoms. The quantitative estimate of drug-likeness (QED) is 0.511. The topological polar surface area (TPSA) is 71.4 Å². The van der Waals surface area contributed by atoms with E-state index in [1.807, 2.05) is 24.3 Å². The predicted molar refractivity (Wildman–Crippen MR) is 130 cm³/mol. The summed E-state index contributed by atoms with van der Waals surface area (Å²) in [6.45, 7) is -0.170. The highest BCUT2D eigenvalue weighted by atomic mass is 19.1. The number of benzene rings is 3. The lowest BCUT2D eigenvalue weighted by molar-refractivity contribution is -0.133. The molecule has 0 bridgehead atoms. The molecule has 3 aromatic carbocycles. The van der Waals surface area contributed by atoms with E-state index in [-0.39, 0.29) is 24.2 Å². The Kier molecular flexibility index (Phi) is 7.10. The lowest BCUT2D eigenvalue weighted by Gasteiger charge is -2.26. The van der Waals surface area contributed by atoms with Gasteiger partial charge in [0.1, 0.15) is 23.9 Å². The Hall–Kier alpha value is -4.20. The fraction of sp³-hybridized carbons (Fsp3) is 0.222. The van der Waals surface area contributed by atoms with Gasteiger partial charge < -0.3 is 14.4 Å². The molecule has 180 valence electrons. The van der Waals surface area contributed by atoms with E-state index in [4.69, 9.17) is 9.47 Å². The molecular weight excluding hydrogens is 449 g/mol. The van der Waals surface area contributed by atoms with Crippen LogP contribution in [-0.4, -0.2) is 55.2 Å². The molecule has 1 heterocycles. The Bertz CT molecular complexity index is 1240. The molecule has 0 unspecified atom stereocenters. The first-order valence-electron chi connectivity index (χ1n) is 11.1. The SMILES string of the molecule is COc1ccc(C(=O)N(C)CC(=O)N2N=C(c3ccc(F)cc3)C[C@H]2c2ccccc2OC)cc1. The fourth-order valence-electron chi connectivity index (χ4n) is 4.04. The van der Waals surface area contributed by atoms with Crippen LogP contribution in [0.2, 0.25) is 0 Å². The average Bonchev–Trinajstić information content (AvgIpc) is 3.34. The second kappa shape index (κ2) is 10.4. The number of rotatable bonds is 7. The molecule has 0 fully saturated rings. The highest BCUT2D eigenvalue weighted by molar-refractivity contribution is 6.03. The second-order valence-electron chi connectivity index (χ2n) is 8.14. The average molecular weight is 476 g/mol. The summed E-state index contributed by atoms with van der Waals surface area (Å²) >= 11 is 0. The van der Waals surface area contributed by atoms with Crippen molar-refractivity contribution in [3.05, 3.63) is 95.3 Å². The number of hydrazone groups is 1. The van der Waals surface area contributed by atoms with E-state index in [9.17, 15) is 14.0 Å². The van der Waals surface area contributed by atoms with Crippen molar-refractivity contribution in [3.63, 3.8) is 0 Å². The van der Waals surface area contributed by atoms with Gasteiger partial charge in [-0.05, 0) is 48.0 Å². The van der Waals surface area contributed by atoms with Gasteiger partial charge in [0.05, 0.1) is 26.0 Å². The van der Waals surface area contributed by atoms with Crippen LogP contribution in [0, 0.1) is 5.82 Å². The maximum absolute atomic E-state index is 13.5. The molecule has 2 amide bonds. The Morgan fingerprint density at radius 1 is 1.00 bits per heavy atom. The van der Waals surface area contributed by atoms with E-state index < -0.39 is 6.04 Å². The van der Waals surface area contributed by atoms with Gasteiger partial charge in [0, 0.05) is 24.6 Å². The highest BCUT2D eigenvalue weighted by Crippen LogP contribution is 2.37. The molecule has 3 aromatic rings. The molecule has 1 aliphatic rings. The first-order chi connectivity index (χ1) is 16.9. The molecule has 0 N–H and O–H groups in total. The zero-order valence-corrected chi connectivity index (χ0v) is 19.8. The van der Waals surface area contributed by atoms with Gasteiger partial charge in [-0.1, -0.05) is 30.3 Å². The summed E-state index contributed by atoms with van der Waals surface area (Å²) in [7, 11) is 4.70. The van der Waals surface area contributed by atoms with E-state index in [0.29, 0.717) is 29.2 Å². The largest absolute Gasteiger partial charge is 0.497 e. The molecule has 0 aromatic heterocycles. The number of hydrogen-bond donors (Lipinski definition) is 0. The lowest BCUT2D eigenvalue weighted by Crippen LogP contribution is -2.39. The Labute approximate surface area is 203 Å². The van der Waals surface area contributed by atoms with Crippen molar-refractivity contribution in [2.24, 2.45) is 5.10 Å². The lowest BCUT2D eigenvalue weighted by atomic mass is 9.97. The van der Waals surface area contributed by atoms with E-state index in [0.717, 1.165) is 11.1 Å². The Morgan fingerprint density at radius 2 is 1.69 bits per heavy atom. The molecule has 8 heteroatoms. The van der Waals surface area contributed by atoms with Gasteiger partial charge in [-0.3, -0.25) is 9.59 Å². The first kappa shape index (κ1) is 23.9. The monoisotopic (exact) mass is 475 g/mol. The van der Waals surface area contributed by atoms with Crippen molar-refractivity contribution in [2.75, 3.05) is 27.8 Å². The third-order valence-electron chi connectivity index (χ3n) is 5.90. The molecule has 0 saturated carbocycles. The standard InChI is InChI=1S/C27H26FN3O4/c1-30(27(33)19-10-14-21(34-2)15-11-19)17-26(32)31-24(22-6-4-5-7-25(22)35-3)16-23(29-31)18-8-12-20(28)13-9-18/h4-15,24H,16-17H2,1-3H3/t24-/m0/s1. The summed E-state index contributed by atoms with van der Waals surface area (Å²) in [6, 6.07) is 19.7. The summed E-state index contributed by atoms with van der Waals surface area (Å²) in [5, 5.41) is 5.99. The summed E-state index contributed by atoms with van der Waals surface area (Å²) < 4.78 is 24.1. The van der Waals surface area contributed by atoms with Crippen LogP contribution in [0.1, 0.15) is 33.9 Å². The summed E-state index contributed by atoms with van der Waals surface area (Å²) in [5.41, 5.74) is 2.62. The Morgan fingerprint density at radius 3 is 2.34 bits per heavy atom. The summed E-state index contributed by atoms with van der Waals surface area (Å²) in [5.74, 6) is 0.285. The van der Waals surface area contributed by atoms with Gasteiger partial charge >= 0.3 is 0 Å². The number of carbonyl (C=O) groups is 2. The van der Waals surface area contributed by atoms with E-state index in [2.05, 4.69) is 5.10 Å². The van der Waals surface area contributed by atoms with Crippen LogP contribution >= 0.6 is 0 Å². The van der Waals surface area contributed by atoms with Gasteiger partial charge in [-0.25, -0.2) is 9.40 Å². The van der Waals surface area contributed by atoms with Crippen molar-refractivity contribution in [1.82, 2.24) is 9.91 Å². The van der Waals surface area contributed by atoms with Crippen LogP contribution in [0.5, 0.6) is 11.5 Å². The van der Waals surface area contributed by atoms with E-state index in [1.165, 1.54) is 22.0 Å². The number of ether oxygens (including phenoxy) is 2. The van der Waals surface area contributed by atoms with Crippen LogP contribution < -0.4 is 9.47 Å². The van der Waals surface area contributed by atoms with Gasteiger partial charge in [0.15, 0.2) is 0 Å². The van der Waals surface area contributed by atoms with Crippen molar-refractivity contribution in [2.45, 2.75) is 12.5 Å². The summed E-state index contributed by atoms with van der Waals surface area (Å²) in [6.07, 6.45) is 0.424. The molecule has 0 aliphatic carbocycles. The minimum Gasteiger partial charge on any atom is -0.497 e. The molecule has 4 rings (SSSR count). The third-order valence-corrected chi connectivity index (χ3v) is 5.90. The fourth-order valence-corrected chi connectivity index (χ4v) is 4.04. The molecule has 0 saturated heterocycles. The van der Waals surface area contributed by atoms with Crippen LogP contribution in [0.15, 0.2) is 77.9 Å². The van der Waals surface area contributed by atoms with Crippen LogP contribution in [0.25, 0.3) is 0 Å². The van der Waals surface area contributed by atoms with E-state index >= 15 is 0 Å². The van der Waals surface area contributed by atoms with Crippen molar-refractivity contribution < 1.29 is 23.5 Å². The van der Waals surface area contributed by atoms with Crippen molar-refractivity contribution in [1.29, 1.82) is 0 Å². The smallest absolute Gasteiger partial charge is 0.262 e. The second-order valence-corrected chi connectivity index (χ2v) is 8.14. The zero-order valence-electron chi connectivity index (χ0n) is 19.8. The van der Waals surface area contributed by atoms with Gasteiger partial charge in [0.25, 0.3) is 11.8 Å². The minimum absolute atomic E-state index is 0.170. The molecule has 1 atom stereocenters. The summed E-state index contributed by atoms with van der Waals surface area (Å²) in [4.78, 5) is 27.7. The molecule has 0 spiro atoms. The zero-order chi connectivity index (χ0) is 24.9. The number of likely N-dealkylation sites (N-methyl/N-ethyl adjacent to an activating group) is 1. The number of para-hydroxylation sites is 1. The van der Waals surface area contributed by atoms with Gasteiger partial charge in [0.2, 0.25) is 0 Å². The highest BCUT2D eigenvalue weighted by Gasteiger charge is 2.35. The molecular formula is C27H26FN3O4.